The van der Waals surface area contributed by atoms with Gasteiger partial charge in [-0.1, -0.05) is 41.4 Å². The van der Waals surface area contributed by atoms with Crippen LogP contribution in [0.1, 0.15) is 31.2 Å². The summed E-state index contributed by atoms with van der Waals surface area (Å²) in [6.07, 6.45) is 1.88. The van der Waals surface area contributed by atoms with Crippen molar-refractivity contribution in [3.8, 4) is 6.07 Å². The van der Waals surface area contributed by atoms with Crippen molar-refractivity contribution in [1.29, 1.82) is 5.26 Å². The van der Waals surface area contributed by atoms with Crippen LogP contribution in [0.25, 0.3) is 0 Å². The van der Waals surface area contributed by atoms with Gasteiger partial charge in [0.2, 0.25) is 5.88 Å². The third kappa shape index (κ3) is 2.60. The molecule has 0 aromatic heterocycles. The molecule has 0 saturated carbocycles. The fourth-order valence-electron chi connectivity index (χ4n) is 3.41. The van der Waals surface area contributed by atoms with Gasteiger partial charge < -0.3 is 10.5 Å². The second kappa shape index (κ2) is 6.29. The van der Waals surface area contributed by atoms with Gasteiger partial charge in [0.1, 0.15) is 6.07 Å². The lowest BCUT2D eigenvalue weighted by atomic mass is 9.75. The van der Waals surface area contributed by atoms with Crippen molar-refractivity contribution in [2.45, 2.75) is 38.0 Å². The highest BCUT2D eigenvalue weighted by Crippen LogP contribution is 2.43. The van der Waals surface area contributed by atoms with Crippen molar-refractivity contribution in [2.24, 2.45) is 11.7 Å². The first-order valence-corrected chi connectivity index (χ1v) is 8.28. The van der Waals surface area contributed by atoms with Gasteiger partial charge in [-0.2, -0.15) is 5.26 Å². The molecular formula is C16H19BrN4O. The number of hydrogen-bond acceptors (Lipinski definition) is 5. The predicted molar refractivity (Wildman–Crippen MR) is 87.0 cm³/mol. The standard InChI is InChI=1S/C16H19BrN4O/c1-2-3-12-14-13(9-4-6-10(17)7-5-9)11(8-18)15(19)22-16(14)21-20-12/h4-7,12-14,16,20-21H,2-3,19H2,1H3. The first-order valence-electron chi connectivity index (χ1n) is 7.48. The Morgan fingerprint density at radius 3 is 2.68 bits per heavy atom. The maximum Gasteiger partial charge on any atom is 0.200 e. The number of ether oxygens (including phenoxy) is 1. The van der Waals surface area contributed by atoms with Crippen molar-refractivity contribution in [1.82, 2.24) is 10.9 Å². The van der Waals surface area contributed by atoms with Gasteiger partial charge in [-0.15, -0.1) is 0 Å². The van der Waals surface area contributed by atoms with Gasteiger partial charge in [0.15, 0.2) is 6.23 Å². The number of halogens is 1. The maximum atomic E-state index is 9.57. The van der Waals surface area contributed by atoms with E-state index in [-0.39, 0.29) is 30.0 Å². The summed E-state index contributed by atoms with van der Waals surface area (Å²) >= 11 is 3.46. The van der Waals surface area contributed by atoms with Crippen LogP contribution in [-0.4, -0.2) is 12.3 Å². The smallest absolute Gasteiger partial charge is 0.200 e. The predicted octanol–water partition coefficient (Wildman–Crippen LogP) is 2.48. The average Bonchev–Trinajstić information content (AvgIpc) is 2.90. The molecule has 0 aliphatic carbocycles. The summed E-state index contributed by atoms with van der Waals surface area (Å²) in [4.78, 5) is 0. The van der Waals surface area contributed by atoms with Gasteiger partial charge in [0.05, 0.1) is 5.57 Å². The Kier molecular flexibility index (Phi) is 4.39. The maximum absolute atomic E-state index is 9.57. The Balaban J connectivity index is 2.05. The normalized spacial score (nSPS) is 30.6. The minimum absolute atomic E-state index is 0.0594. The van der Waals surface area contributed by atoms with Crippen LogP contribution in [0.2, 0.25) is 0 Å². The summed E-state index contributed by atoms with van der Waals surface area (Å²) in [7, 11) is 0. The molecule has 1 aromatic rings. The van der Waals surface area contributed by atoms with E-state index >= 15 is 0 Å². The molecule has 0 amide bonds. The van der Waals surface area contributed by atoms with Gasteiger partial charge in [0.25, 0.3) is 0 Å². The fourth-order valence-corrected chi connectivity index (χ4v) is 3.68. The molecule has 6 heteroatoms. The monoisotopic (exact) mass is 362 g/mol. The van der Waals surface area contributed by atoms with Crippen LogP contribution in [0.5, 0.6) is 0 Å². The summed E-state index contributed by atoms with van der Waals surface area (Å²) in [5.74, 6) is 0.307. The minimum atomic E-state index is -0.206. The largest absolute Gasteiger partial charge is 0.458 e. The Labute approximate surface area is 138 Å². The Hall–Kier alpha value is -1.55. The van der Waals surface area contributed by atoms with Gasteiger partial charge in [-0.25, -0.2) is 5.43 Å². The second-order valence-corrected chi connectivity index (χ2v) is 6.63. The van der Waals surface area contributed by atoms with Crippen molar-refractivity contribution in [3.05, 3.63) is 45.8 Å². The molecule has 3 rings (SSSR count). The second-order valence-electron chi connectivity index (χ2n) is 5.72. The van der Waals surface area contributed by atoms with E-state index in [9.17, 15) is 5.26 Å². The number of nitrogens with one attached hydrogen (secondary N) is 2. The van der Waals surface area contributed by atoms with Crippen LogP contribution in [-0.2, 0) is 4.74 Å². The molecular weight excluding hydrogens is 344 g/mol. The number of allylic oxidation sites excluding steroid dienone is 1. The third-order valence-corrected chi connectivity index (χ3v) is 4.92. The zero-order valence-electron chi connectivity index (χ0n) is 12.3. The first kappa shape index (κ1) is 15.3. The van der Waals surface area contributed by atoms with Crippen LogP contribution in [0.15, 0.2) is 40.2 Å². The van der Waals surface area contributed by atoms with E-state index < -0.39 is 0 Å². The number of fused-ring (bicyclic) bond motifs is 1. The van der Waals surface area contributed by atoms with E-state index in [2.05, 4.69) is 39.8 Å². The number of nitrogens with two attached hydrogens (primary N) is 1. The van der Waals surface area contributed by atoms with Crippen molar-refractivity contribution >= 4 is 15.9 Å². The van der Waals surface area contributed by atoms with Gasteiger partial charge in [0, 0.05) is 22.4 Å². The Morgan fingerprint density at radius 2 is 2.05 bits per heavy atom. The van der Waals surface area contributed by atoms with Crippen molar-refractivity contribution in [2.75, 3.05) is 0 Å². The molecule has 0 bridgehead atoms. The number of nitriles is 1. The number of nitrogens with zero attached hydrogens (tertiary/aromatic N) is 1. The number of hydrogen-bond donors (Lipinski definition) is 3. The molecule has 4 atom stereocenters. The topological polar surface area (TPSA) is 83.1 Å². The van der Waals surface area contributed by atoms with Gasteiger partial charge >= 0.3 is 0 Å². The summed E-state index contributed by atoms with van der Waals surface area (Å²) in [5, 5.41) is 9.57. The van der Waals surface area contributed by atoms with Crippen LogP contribution >= 0.6 is 15.9 Å². The van der Waals surface area contributed by atoms with E-state index in [1.165, 1.54) is 0 Å². The quantitative estimate of drug-likeness (QED) is 0.769. The van der Waals surface area contributed by atoms with Crippen LogP contribution in [0.3, 0.4) is 0 Å². The van der Waals surface area contributed by atoms with E-state index in [1.807, 2.05) is 24.3 Å². The van der Waals surface area contributed by atoms with E-state index in [4.69, 9.17) is 10.5 Å². The van der Waals surface area contributed by atoms with Crippen molar-refractivity contribution < 1.29 is 4.74 Å². The lowest BCUT2D eigenvalue weighted by Gasteiger charge is -2.35. The molecule has 2 aliphatic heterocycles. The Morgan fingerprint density at radius 1 is 1.32 bits per heavy atom. The highest BCUT2D eigenvalue weighted by Gasteiger charge is 2.48. The lowest BCUT2D eigenvalue weighted by molar-refractivity contribution is 0.0337. The number of hydrazine groups is 1. The highest BCUT2D eigenvalue weighted by atomic mass is 79.9. The van der Waals surface area contributed by atoms with Gasteiger partial charge in [-0.3, -0.25) is 5.43 Å². The minimum Gasteiger partial charge on any atom is -0.458 e. The van der Waals surface area contributed by atoms with E-state index in [0.717, 1.165) is 22.9 Å². The summed E-state index contributed by atoms with van der Waals surface area (Å²) in [6, 6.07) is 10.6. The zero-order valence-corrected chi connectivity index (χ0v) is 13.9. The fraction of sp³-hybridized carbons (Fsp3) is 0.438. The molecule has 1 fully saturated rings. The molecule has 2 aliphatic rings. The number of rotatable bonds is 3. The third-order valence-electron chi connectivity index (χ3n) is 4.39. The van der Waals surface area contributed by atoms with Crippen LogP contribution < -0.4 is 16.6 Å². The van der Waals surface area contributed by atoms with Crippen LogP contribution in [0, 0.1) is 17.2 Å². The molecule has 0 radical (unpaired) electrons. The Bertz CT molecular complexity index is 622. The van der Waals surface area contributed by atoms with E-state index in [0.29, 0.717) is 5.57 Å². The molecule has 1 saturated heterocycles. The van der Waals surface area contributed by atoms with Crippen molar-refractivity contribution in [3.63, 3.8) is 0 Å². The molecule has 4 unspecified atom stereocenters. The zero-order chi connectivity index (χ0) is 15.7. The highest BCUT2D eigenvalue weighted by molar-refractivity contribution is 9.10. The summed E-state index contributed by atoms with van der Waals surface area (Å²) in [6.45, 7) is 2.16. The molecule has 1 aromatic carbocycles. The average molecular weight is 363 g/mol. The molecule has 116 valence electrons. The van der Waals surface area contributed by atoms with Gasteiger partial charge in [-0.05, 0) is 24.1 Å². The molecule has 5 nitrogen and oxygen atoms in total. The molecule has 4 N–H and O–H groups in total. The van der Waals surface area contributed by atoms with E-state index in [1.54, 1.807) is 0 Å². The molecule has 0 spiro atoms. The molecule has 2 heterocycles. The van der Waals surface area contributed by atoms with Crippen LogP contribution in [0.4, 0.5) is 0 Å². The first-order chi connectivity index (χ1) is 10.7. The number of benzene rings is 1. The molecule has 22 heavy (non-hydrogen) atoms. The summed E-state index contributed by atoms with van der Waals surface area (Å²) < 4.78 is 6.73. The lowest BCUT2D eigenvalue weighted by Crippen LogP contribution is -2.41. The SMILES string of the molecule is CCCC1NNC2OC(N)=C(C#N)C(c3ccc(Br)cc3)C12. The summed E-state index contributed by atoms with van der Waals surface area (Å²) in [5.41, 5.74) is 14.1.